The largest absolute Gasteiger partial charge is 0.417 e. The van der Waals surface area contributed by atoms with Crippen molar-refractivity contribution >= 4 is 23.1 Å². The smallest absolute Gasteiger partial charge is 0.368 e. The van der Waals surface area contributed by atoms with E-state index in [0.717, 1.165) is 28.4 Å². The molecule has 0 bridgehead atoms. The van der Waals surface area contributed by atoms with Gasteiger partial charge in [0.25, 0.3) is 11.8 Å². The van der Waals surface area contributed by atoms with E-state index in [9.17, 15) is 31.1 Å². The lowest BCUT2D eigenvalue weighted by molar-refractivity contribution is -0.137. The minimum atomic E-state index is -4.54. The standard InChI is InChI=1S/C24H22F6N4OS/c1-13-9-23(26,27)12-34(18(13)11-32-19-8-7-15(10-31-19)24(28,29)30)22(35)20-21(36-14(2)33-20)16-5-3-4-6-17(16)25/h3-8,10,13,18H,9,11-12H2,1-2H3,(H,31,32)/t13?,18-/m1/s1. The second kappa shape index (κ2) is 9.72. The number of carbonyl (C=O) groups is 1. The minimum absolute atomic E-state index is 0.0283. The molecule has 1 amide bonds. The summed E-state index contributed by atoms with van der Waals surface area (Å²) >= 11 is 1.09. The highest BCUT2D eigenvalue weighted by Crippen LogP contribution is 2.38. The third kappa shape index (κ3) is 5.48. The van der Waals surface area contributed by atoms with Crippen molar-refractivity contribution in [1.29, 1.82) is 0 Å². The van der Waals surface area contributed by atoms with Crippen molar-refractivity contribution in [2.24, 2.45) is 5.92 Å². The molecule has 2 atom stereocenters. The maximum Gasteiger partial charge on any atom is 0.417 e. The SMILES string of the molecule is Cc1nc(C(=O)N2CC(F)(F)CC(C)[C@H]2CNc2ccc(C(F)(F)F)cn2)c(-c2ccccc2F)s1. The molecular formula is C24H22F6N4OS. The zero-order chi connectivity index (χ0) is 26.3. The summed E-state index contributed by atoms with van der Waals surface area (Å²) in [5.74, 6) is -5.04. The number of hydrogen-bond donors (Lipinski definition) is 1. The Morgan fingerprint density at radius 1 is 1.22 bits per heavy atom. The van der Waals surface area contributed by atoms with Gasteiger partial charge in [0.1, 0.15) is 17.3 Å². The Bertz CT molecular complexity index is 1240. The van der Waals surface area contributed by atoms with E-state index in [2.05, 4.69) is 15.3 Å². The molecule has 1 saturated heterocycles. The van der Waals surface area contributed by atoms with E-state index >= 15 is 0 Å². The van der Waals surface area contributed by atoms with Gasteiger partial charge in [-0.05, 0) is 31.0 Å². The Kier molecular flexibility index (Phi) is 7.00. The molecule has 2 aromatic heterocycles. The topological polar surface area (TPSA) is 58.1 Å². The second-order valence-electron chi connectivity index (χ2n) is 8.74. The normalized spacial score (nSPS) is 19.8. The van der Waals surface area contributed by atoms with Crippen molar-refractivity contribution in [1.82, 2.24) is 14.9 Å². The highest BCUT2D eigenvalue weighted by Gasteiger charge is 2.47. The molecule has 0 aliphatic carbocycles. The molecule has 36 heavy (non-hydrogen) atoms. The average Bonchev–Trinajstić information content (AvgIpc) is 3.18. The lowest BCUT2D eigenvalue weighted by Gasteiger charge is -2.43. The van der Waals surface area contributed by atoms with Crippen molar-refractivity contribution in [2.45, 2.75) is 38.4 Å². The molecular weight excluding hydrogens is 506 g/mol. The van der Waals surface area contributed by atoms with Crippen molar-refractivity contribution in [2.75, 3.05) is 18.4 Å². The zero-order valence-electron chi connectivity index (χ0n) is 19.2. The number of amides is 1. The quantitative estimate of drug-likeness (QED) is 0.397. The molecule has 0 spiro atoms. The van der Waals surface area contributed by atoms with E-state index in [1.165, 1.54) is 18.2 Å². The van der Waals surface area contributed by atoms with Gasteiger partial charge in [0.15, 0.2) is 0 Å². The van der Waals surface area contributed by atoms with Gasteiger partial charge < -0.3 is 10.2 Å². The van der Waals surface area contributed by atoms with Crippen molar-refractivity contribution in [3.8, 4) is 10.4 Å². The molecule has 12 heteroatoms. The molecule has 1 fully saturated rings. The Labute approximate surface area is 207 Å². The number of halogens is 6. The zero-order valence-corrected chi connectivity index (χ0v) is 20.1. The molecule has 1 aliphatic rings. The molecule has 4 rings (SSSR count). The first-order chi connectivity index (χ1) is 16.9. The Hall–Kier alpha value is -3.15. The predicted octanol–water partition coefficient (Wildman–Crippen LogP) is 6.27. The number of nitrogens with zero attached hydrogens (tertiary/aromatic N) is 3. The Balaban J connectivity index is 1.62. The van der Waals surface area contributed by atoms with E-state index in [1.54, 1.807) is 19.9 Å². The van der Waals surface area contributed by atoms with Crippen LogP contribution < -0.4 is 5.32 Å². The summed E-state index contributed by atoms with van der Waals surface area (Å²) in [6.07, 6.45) is -4.35. The van der Waals surface area contributed by atoms with Crippen LogP contribution in [0.2, 0.25) is 0 Å². The summed E-state index contributed by atoms with van der Waals surface area (Å²) in [6.45, 7) is 2.31. The molecule has 3 aromatic rings. The van der Waals surface area contributed by atoms with Crippen molar-refractivity contribution in [3.05, 3.63) is 64.7 Å². The van der Waals surface area contributed by atoms with Gasteiger partial charge in [0.2, 0.25) is 0 Å². The molecule has 1 aromatic carbocycles. The van der Waals surface area contributed by atoms with E-state index in [-0.39, 0.29) is 28.5 Å². The van der Waals surface area contributed by atoms with Gasteiger partial charge >= 0.3 is 6.18 Å². The summed E-state index contributed by atoms with van der Waals surface area (Å²) in [5, 5.41) is 3.32. The number of rotatable bonds is 5. The number of piperidine rings is 1. The van der Waals surface area contributed by atoms with Crippen LogP contribution in [0.5, 0.6) is 0 Å². The van der Waals surface area contributed by atoms with Gasteiger partial charge in [0, 0.05) is 24.7 Å². The van der Waals surface area contributed by atoms with Gasteiger partial charge in [-0.3, -0.25) is 4.79 Å². The van der Waals surface area contributed by atoms with E-state index in [0.29, 0.717) is 11.2 Å². The number of alkyl halides is 5. The van der Waals surface area contributed by atoms with E-state index in [1.807, 2.05) is 0 Å². The molecule has 5 nitrogen and oxygen atoms in total. The summed E-state index contributed by atoms with van der Waals surface area (Å²) in [7, 11) is 0. The summed E-state index contributed by atoms with van der Waals surface area (Å²) in [4.78, 5) is 22.8. The average molecular weight is 529 g/mol. The fraction of sp³-hybridized carbons (Fsp3) is 0.375. The first kappa shape index (κ1) is 25.9. The first-order valence-electron chi connectivity index (χ1n) is 11.0. The Morgan fingerprint density at radius 3 is 2.58 bits per heavy atom. The van der Waals surface area contributed by atoms with Crippen LogP contribution in [0.15, 0.2) is 42.6 Å². The number of nitrogens with one attached hydrogen (secondary N) is 1. The Morgan fingerprint density at radius 2 is 1.94 bits per heavy atom. The van der Waals surface area contributed by atoms with Crippen LogP contribution in [0.25, 0.3) is 10.4 Å². The molecule has 0 radical (unpaired) electrons. The molecule has 1 unspecified atom stereocenters. The van der Waals surface area contributed by atoms with E-state index in [4.69, 9.17) is 0 Å². The lowest BCUT2D eigenvalue weighted by atomic mass is 9.88. The van der Waals surface area contributed by atoms with Gasteiger partial charge in [-0.1, -0.05) is 25.1 Å². The fourth-order valence-electron chi connectivity index (χ4n) is 4.29. The number of thiazole rings is 1. The summed E-state index contributed by atoms with van der Waals surface area (Å²) in [6, 6.07) is 7.07. The maximum absolute atomic E-state index is 14.6. The molecule has 1 aliphatic heterocycles. The summed E-state index contributed by atoms with van der Waals surface area (Å²) in [5.41, 5.74) is -0.896. The van der Waals surface area contributed by atoms with Crippen LogP contribution in [0.3, 0.4) is 0 Å². The second-order valence-corrected chi connectivity index (χ2v) is 9.94. The number of benzene rings is 1. The molecule has 1 N–H and O–H groups in total. The van der Waals surface area contributed by atoms with Crippen molar-refractivity contribution < 1.29 is 31.1 Å². The number of carbonyl (C=O) groups excluding carboxylic acids is 1. The summed E-state index contributed by atoms with van der Waals surface area (Å²) < 4.78 is 82.0. The van der Waals surface area contributed by atoms with Crippen LogP contribution in [0, 0.1) is 18.7 Å². The highest BCUT2D eigenvalue weighted by atomic mass is 32.1. The van der Waals surface area contributed by atoms with Crippen LogP contribution in [0.1, 0.15) is 34.4 Å². The fourth-order valence-corrected chi connectivity index (χ4v) is 5.23. The molecule has 3 heterocycles. The van der Waals surface area contributed by atoms with Crippen LogP contribution in [-0.4, -0.2) is 45.8 Å². The van der Waals surface area contributed by atoms with Gasteiger partial charge in [0.05, 0.1) is 28.0 Å². The lowest BCUT2D eigenvalue weighted by Crippen LogP contribution is -2.57. The first-order valence-corrected chi connectivity index (χ1v) is 11.9. The minimum Gasteiger partial charge on any atom is -0.368 e. The van der Waals surface area contributed by atoms with Gasteiger partial charge in [-0.2, -0.15) is 13.2 Å². The number of anilines is 1. The number of likely N-dealkylation sites (tertiary alicyclic amines) is 1. The number of aryl methyl sites for hydroxylation is 1. The van der Waals surface area contributed by atoms with Gasteiger partial charge in [-0.15, -0.1) is 11.3 Å². The molecule has 192 valence electrons. The third-order valence-corrected chi connectivity index (χ3v) is 6.98. The van der Waals surface area contributed by atoms with Crippen LogP contribution in [-0.2, 0) is 6.18 Å². The van der Waals surface area contributed by atoms with E-state index < -0.39 is 54.3 Å². The monoisotopic (exact) mass is 528 g/mol. The van der Waals surface area contributed by atoms with Gasteiger partial charge in [-0.25, -0.2) is 23.1 Å². The van der Waals surface area contributed by atoms with Crippen LogP contribution in [0.4, 0.5) is 32.2 Å². The third-order valence-electron chi connectivity index (χ3n) is 5.98. The number of aromatic nitrogens is 2. The number of pyridine rings is 1. The molecule has 0 saturated carbocycles. The number of hydrogen-bond acceptors (Lipinski definition) is 5. The maximum atomic E-state index is 14.6. The highest BCUT2D eigenvalue weighted by molar-refractivity contribution is 7.15. The van der Waals surface area contributed by atoms with Crippen molar-refractivity contribution in [3.63, 3.8) is 0 Å². The predicted molar refractivity (Wildman–Crippen MR) is 124 cm³/mol. The van der Waals surface area contributed by atoms with Crippen LogP contribution >= 0.6 is 11.3 Å².